The molecule has 0 saturated heterocycles. The van der Waals surface area contributed by atoms with Crippen LogP contribution in [-0.4, -0.2) is 14.1 Å². The molecular formula is C41H25N3O. The van der Waals surface area contributed by atoms with Gasteiger partial charge in [0.05, 0.1) is 22.1 Å². The van der Waals surface area contributed by atoms with Gasteiger partial charge in [0, 0.05) is 37.9 Å². The first-order chi connectivity index (χ1) is 22.3. The lowest BCUT2D eigenvalue weighted by Gasteiger charge is -2.15. The van der Waals surface area contributed by atoms with E-state index in [-0.39, 0.29) is 0 Å². The van der Waals surface area contributed by atoms with E-state index < -0.39 is 0 Å². The topological polar surface area (TPSA) is 35.9 Å². The zero-order chi connectivity index (χ0) is 29.5. The molecule has 0 bridgehead atoms. The molecule has 6 aromatic carbocycles. The van der Waals surface area contributed by atoms with Crippen molar-refractivity contribution >= 4 is 65.6 Å². The van der Waals surface area contributed by atoms with Crippen molar-refractivity contribution in [1.29, 1.82) is 0 Å². The molecule has 4 heteroatoms. The number of fused-ring (bicyclic) bond motifs is 9. The highest BCUT2D eigenvalue weighted by Crippen LogP contribution is 2.39. The molecule has 0 aliphatic heterocycles. The molecule has 4 heterocycles. The Labute approximate surface area is 258 Å². The number of hydrogen-bond donors (Lipinski definition) is 0. The molecule has 45 heavy (non-hydrogen) atoms. The molecule has 10 rings (SSSR count). The molecular weight excluding hydrogens is 550 g/mol. The minimum absolute atomic E-state index is 0.856. The maximum absolute atomic E-state index is 6.55. The number of furan rings is 1. The molecule has 0 fully saturated rings. The van der Waals surface area contributed by atoms with E-state index in [0.717, 1.165) is 66.8 Å². The zero-order valence-electron chi connectivity index (χ0n) is 24.2. The first-order valence-corrected chi connectivity index (χ1v) is 15.2. The fraction of sp³-hybridized carbons (Fsp3) is 0. The van der Waals surface area contributed by atoms with Gasteiger partial charge in [0.15, 0.2) is 0 Å². The SMILES string of the molecule is c1ccc2c(c1)oc1c(-c3cc(-n4c5ccccc5c5ccccc54)nc(-n4c5ccccc5c5ccccc54)c3)cccc12. The average molecular weight is 576 g/mol. The normalized spacial score (nSPS) is 12.0. The lowest BCUT2D eigenvalue weighted by Crippen LogP contribution is -2.04. The fourth-order valence-corrected chi connectivity index (χ4v) is 7.20. The molecule has 210 valence electrons. The van der Waals surface area contributed by atoms with Crippen LogP contribution in [-0.2, 0) is 0 Å². The Kier molecular flexibility index (Phi) is 4.96. The van der Waals surface area contributed by atoms with E-state index in [0.29, 0.717) is 0 Å². The summed E-state index contributed by atoms with van der Waals surface area (Å²) in [6.45, 7) is 0. The molecule has 0 aliphatic rings. The summed E-state index contributed by atoms with van der Waals surface area (Å²) in [7, 11) is 0. The van der Waals surface area contributed by atoms with Crippen LogP contribution >= 0.6 is 0 Å². The monoisotopic (exact) mass is 575 g/mol. The molecule has 0 N–H and O–H groups in total. The van der Waals surface area contributed by atoms with E-state index in [1.807, 2.05) is 12.1 Å². The van der Waals surface area contributed by atoms with Crippen molar-refractivity contribution in [2.75, 3.05) is 0 Å². The minimum atomic E-state index is 0.856. The number of pyridine rings is 1. The highest BCUT2D eigenvalue weighted by Gasteiger charge is 2.20. The van der Waals surface area contributed by atoms with Gasteiger partial charge >= 0.3 is 0 Å². The van der Waals surface area contributed by atoms with E-state index in [1.165, 1.54) is 21.5 Å². The van der Waals surface area contributed by atoms with Gasteiger partial charge in [-0.25, -0.2) is 4.98 Å². The van der Waals surface area contributed by atoms with E-state index >= 15 is 0 Å². The molecule has 0 atom stereocenters. The third-order valence-electron chi connectivity index (χ3n) is 9.13. The number of hydrogen-bond acceptors (Lipinski definition) is 2. The number of nitrogens with zero attached hydrogens (tertiary/aromatic N) is 3. The number of para-hydroxylation sites is 6. The van der Waals surface area contributed by atoms with Gasteiger partial charge in [-0.15, -0.1) is 0 Å². The Morgan fingerprint density at radius 1 is 0.400 bits per heavy atom. The summed E-state index contributed by atoms with van der Waals surface area (Å²) in [5, 5.41) is 7.05. The highest BCUT2D eigenvalue weighted by molar-refractivity contribution is 6.12. The van der Waals surface area contributed by atoms with Crippen LogP contribution in [0.3, 0.4) is 0 Å². The minimum Gasteiger partial charge on any atom is -0.455 e. The van der Waals surface area contributed by atoms with Gasteiger partial charge in [-0.1, -0.05) is 109 Å². The summed E-state index contributed by atoms with van der Waals surface area (Å²) < 4.78 is 11.1. The smallest absolute Gasteiger partial charge is 0.143 e. The highest BCUT2D eigenvalue weighted by atomic mass is 16.3. The summed E-state index contributed by atoms with van der Waals surface area (Å²) in [6, 6.07) is 53.5. The second-order valence-corrected chi connectivity index (χ2v) is 11.6. The van der Waals surface area contributed by atoms with Gasteiger partial charge in [-0.2, -0.15) is 0 Å². The van der Waals surface area contributed by atoms with E-state index in [1.54, 1.807) is 0 Å². The Hall–Kier alpha value is -6.13. The number of rotatable bonds is 3. The van der Waals surface area contributed by atoms with Crippen molar-refractivity contribution in [3.63, 3.8) is 0 Å². The molecule has 4 aromatic heterocycles. The second-order valence-electron chi connectivity index (χ2n) is 11.6. The Balaban J connectivity index is 1.35. The number of benzene rings is 6. The summed E-state index contributed by atoms with van der Waals surface area (Å²) in [5.41, 5.74) is 8.35. The van der Waals surface area contributed by atoms with Crippen molar-refractivity contribution in [2.45, 2.75) is 0 Å². The van der Waals surface area contributed by atoms with Gasteiger partial charge < -0.3 is 4.42 Å². The van der Waals surface area contributed by atoms with Crippen LogP contribution in [0.25, 0.3) is 88.3 Å². The van der Waals surface area contributed by atoms with Gasteiger partial charge in [-0.05, 0) is 48.0 Å². The number of aromatic nitrogens is 3. The van der Waals surface area contributed by atoms with Crippen LogP contribution in [0.5, 0.6) is 0 Å². The molecule has 0 radical (unpaired) electrons. The van der Waals surface area contributed by atoms with Crippen molar-refractivity contribution in [2.24, 2.45) is 0 Å². The van der Waals surface area contributed by atoms with Gasteiger partial charge in [-0.3, -0.25) is 9.13 Å². The lowest BCUT2D eigenvalue weighted by atomic mass is 10.0. The fourth-order valence-electron chi connectivity index (χ4n) is 7.20. The average Bonchev–Trinajstić information content (AvgIpc) is 3.76. The zero-order valence-corrected chi connectivity index (χ0v) is 24.2. The second kappa shape index (κ2) is 9.18. The molecule has 10 aromatic rings. The Morgan fingerprint density at radius 3 is 1.33 bits per heavy atom. The van der Waals surface area contributed by atoms with E-state index in [4.69, 9.17) is 9.40 Å². The van der Waals surface area contributed by atoms with Crippen molar-refractivity contribution in [3.8, 4) is 22.8 Å². The van der Waals surface area contributed by atoms with Crippen LogP contribution < -0.4 is 0 Å². The molecule has 0 amide bonds. The Bertz CT molecular complexity index is 2540. The molecule has 0 unspecified atom stereocenters. The first kappa shape index (κ1) is 24.3. The predicted molar refractivity (Wildman–Crippen MR) is 186 cm³/mol. The molecule has 0 saturated carbocycles. The standard InChI is InChI=1S/C41H25N3O/c1-6-19-34-28(12-1)29-13-2-7-20-35(29)43(34)39-24-26(27-17-11-18-33-32-16-5-10-23-38(32)45-41(27)33)25-40(42-39)44-36-21-8-3-14-30(36)31-15-4-9-22-37(31)44/h1-25H. The van der Waals surface area contributed by atoms with Crippen molar-refractivity contribution < 1.29 is 4.42 Å². The Morgan fingerprint density at radius 2 is 0.822 bits per heavy atom. The predicted octanol–water partition coefficient (Wildman–Crippen LogP) is 10.8. The van der Waals surface area contributed by atoms with Crippen LogP contribution in [0, 0.1) is 0 Å². The maximum atomic E-state index is 6.55. The molecule has 0 spiro atoms. The largest absolute Gasteiger partial charge is 0.455 e. The first-order valence-electron chi connectivity index (χ1n) is 15.2. The van der Waals surface area contributed by atoms with Gasteiger partial charge in [0.25, 0.3) is 0 Å². The third-order valence-corrected chi connectivity index (χ3v) is 9.13. The quantitative estimate of drug-likeness (QED) is 0.210. The van der Waals surface area contributed by atoms with E-state index in [2.05, 4.69) is 149 Å². The van der Waals surface area contributed by atoms with Gasteiger partial charge in [0.2, 0.25) is 0 Å². The lowest BCUT2D eigenvalue weighted by molar-refractivity contribution is 0.670. The van der Waals surface area contributed by atoms with Crippen molar-refractivity contribution in [3.05, 3.63) is 152 Å². The van der Waals surface area contributed by atoms with E-state index in [9.17, 15) is 0 Å². The van der Waals surface area contributed by atoms with Crippen molar-refractivity contribution in [1.82, 2.24) is 14.1 Å². The summed E-state index contributed by atoms with van der Waals surface area (Å²) in [4.78, 5) is 5.46. The van der Waals surface area contributed by atoms with Gasteiger partial charge in [0.1, 0.15) is 22.8 Å². The summed E-state index contributed by atoms with van der Waals surface area (Å²) in [5.74, 6) is 1.71. The van der Waals surface area contributed by atoms with Crippen LogP contribution in [0.2, 0.25) is 0 Å². The van der Waals surface area contributed by atoms with Crippen LogP contribution in [0.15, 0.2) is 156 Å². The maximum Gasteiger partial charge on any atom is 0.143 e. The van der Waals surface area contributed by atoms with Crippen LogP contribution in [0.4, 0.5) is 0 Å². The molecule has 4 nitrogen and oxygen atoms in total. The molecule has 0 aliphatic carbocycles. The third kappa shape index (κ3) is 3.45. The summed E-state index contributed by atoms with van der Waals surface area (Å²) >= 11 is 0. The summed E-state index contributed by atoms with van der Waals surface area (Å²) in [6.07, 6.45) is 0. The van der Waals surface area contributed by atoms with Crippen LogP contribution in [0.1, 0.15) is 0 Å².